The SMILES string of the molecule is Cc1ccc(NC(=O)C2C3CCC2N(CC(F)(F)F)C3)cc1-c1ccccn1. The summed E-state index contributed by atoms with van der Waals surface area (Å²) in [5.41, 5.74) is 3.42. The molecule has 1 aromatic carbocycles. The van der Waals surface area contributed by atoms with Crippen molar-refractivity contribution in [2.45, 2.75) is 32.0 Å². The maximum absolute atomic E-state index is 12.9. The van der Waals surface area contributed by atoms with Crippen molar-refractivity contribution in [1.29, 1.82) is 0 Å². The number of piperidine rings is 1. The third-order valence-corrected chi connectivity index (χ3v) is 5.82. The van der Waals surface area contributed by atoms with Gasteiger partial charge in [-0.25, -0.2) is 0 Å². The van der Waals surface area contributed by atoms with E-state index >= 15 is 0 Å². The van der Waals surface area contributed by atoms with Crippen molar-refractivity contribution < 1.29 is 18.0 Å². The summed E-state index contributed by atoms with van der Waals surface area (Å²) in [7, 11) is 0. The minimum absolute atomic E-state index is 0.00643. The lowest BCUT2D eigenvalue weighted by molar-refractivity contribution is -0.150. The molecule has 4 rings (SSSR count). The molecule has 2 aromatic rings. The average Bonchev–Trinajstić information content (AvgIpc) is 3.20. The summed E-state index contributed by atoms with van der Waals surface area (Å²) in [5.74, 6) is -0.581. The van der Waals surface area contributed by atoms with Gasteiger partial charge in [0.25, 0.3) is 0 Å². The molecule has 1 saturated carbocycles. The highest BCUT2D eigenvalue weighted by Gasteiger charge is 2.52. The van der Waals surface area contributed by atoms with Gasteiger partial charge in [-0.15, -0.1) is 0 Å². The molecule has 4 nitrogen and oxygen atoms in total. The van der Waals surface area contributed by atoms with Gasteiger partial charge in [0.05, 0.1) is 18.2 Å². The molecule has 148 valence electrons. The highest BCUT2D eigenvalue weighted by atomic mass is 19.4. The maximum Gasteiger partial charge on any atom is 0.401 e. The molecule has 1 N–H and O–H groups in total. The molecule has 1 aliphatic carbocycles. The molecule has 2 bridgehead atoms. The highest BCUT2D eigenvalue weighted by molar-refractivity contribution is 5.94. The van der Waals surface area contributed by atoms with Gasteiger partial charge in [0, 0.05) is 30.0 Å². The number of fused-ring (bicyclic) bond motifs is 2. The largest absolute Gasteiger partial charge is 0.401 e. The van der Waals surface area contributed by atoms with Gasteiger partial charge in [0.15, 0.2) is 0 Å². The van der Waals surface area contributed by atoms with Crippen LogP contribution < -0.4 is 5.32 Å². The number of aromatic nitrogens is 1. The summed E-state index contributed by atoms with van der Waals surface area (Å²) in [5, 5.41) is 2.93. The number of rotatable bonds is 4. The number of anilines is 1. The van der Waals surface area contributed by atoms with E-state index in [1.165, 1.54) is 4.90 Å². The van der Waals surface area contributed by atoms with E-state index in [9.17, 15) is 18.0 Å². The van der Waals surface area contributed by atoms with Crippen LogP contribution in [0.3, 0.4) is 0 Å². The number of alkyl halides is 3. The summed E-state index contributed by atoms with van der Waals surface area (Å²) in [6.45, 7) is 1.38. The van der Waals surface area contributed by atoms with Gasteiger partial charge in [-0.3, -0.25) is 14.7 Å². The van der Waals surface area contributed by atoms with Crippen molar-refractivity contribution in [3.63, 3.8) is 0 Å². The Labute approximate surface area is 161 Å². The van der Waals surface area contributed by atoms with E-state index in [0.717, 1.165) is 23.2 Å². The minimum Gasteiger partial charge on any atom is -0.326 e. The number of benzene rings is 1. The smallest absolute Gasteiger partial charge is 0.326 e. The summed E-state index contributed by atoms with van der Waals surface area (Å²) in [6.07, 6.45) is -1.07. The number of nitrogens with one attached hydrogen (secondary N) is 1. The number of aryl methyl sites for hydroxylation is 1. The number of likely N-dealkylation sites (tertiary alicyclic amines) is 1. The molecule has 1 saturated heterocycles. The van der Waals surface area contributed by atoms with Crippen molar-refractivity contribution in [2.75, 3.05) is 18.4 Å². The Morgan fingerprint density at radius 3 is 2.79 bits per heavy atom. The van der Waals surface area contributed by atoms with Gasteiger partial charge in [0.1, 0.15) is 0 Å². The standard InChI is InChI=1S/C21H22F3N3O/c1-13-5-7-15(10-16(13)17-4-2-3-9-25-17)26-20(28)19-14-6-8-18(19)27(11-14)12-21(22,23)24/h2-5,7,9-10,14,18-19H,6,8,11-12H2,1H3,(H,26,28). The van der Waals surface area contributed by atoms with Crippen molar-refractivity contribution in [3.8, 4) is 11.3 Å². The number of pyridine rings is 1. The molecule has 0 radical (unpaired) electrons. The topological polar surface area (TPSA) is 45.2 Å². The fourth-order valence-corrected chi connectivity index (χ4v) is 4.63. The first-order valence-electron chi connectivity index (χ1n) is 9.45. The second-order valence-electron chi connectivity index (χ2n) is 7.71. The van der Waals surface area contributed by atoms with Crippen LogP contribution in [-0.4, -0.2) is 41.1 Å². The molecule has 3 unspecified atom stereocenters. The van der Waals surface area contributed by atoms with E-state index in [-0.39, 0.29) is 23.8 Å². The van der Waals surface area contributed by atoms with Crippen LogP contribution in [0.4, 0.5) is 18.9 Å². The van der Waals surface area contributed by atoms with Crippen molar-refractivity contribution in [1.82, 2.24) is 9.88 Å². The molecule has 1 amide bonds. The molecule has 1 aromatic heterocycles. The molecule has 2 heterocycles. The van der Waals surface area contributed by atoms with E-state index in [2.05, 4.69) is 10.3 Å². The number of hydrogen-bond donors (Lipinski definition) is 1. The predicted octanol–water partition coefficient (Wildman–Crippen LogP) is 4.27. The molecule has 2 aliphatic rings. The lowest BCUT2D eigenvalue weighted by atomic mass is 9.97. The van der Waals surface area contributed by atoms with Gasteiger partial charge in [-0.05, 0) is 55.5 Å². The van der Waals surface area contributed by atoms with Crippen LogP contribution >= 0.6 is 0 Å². The summed E-state index contributed by atoms with van der Waals surface area (Å²) >= 11 is 0. The highest BCUT2D eigenvalue weighted by Crippen LogP contribution is 2.44. The van der Waals surface area contributed by atoms with E-state index in [4.69, 9.17) is 0 Å². The van der Waals surface area contributed by atoms with Gasteiger partial charge in [-0.1, -0.05) is 12.1 Å². The summed E-state index contributed by atoms with van der Waals surface area (Å²) in [6, 6.07) is 10.9. The number of amides is 1. The van der Waals surface area contributed by atoms with Crippen LogP contribution in [0.5, 0.6) is 0 Å². The summed E-state index contributed by atoms with van der Waals surface area (Å²) in [4.78, 5) is 18.7. The number of carbonyl (C=O) groups is 1. The molecular weight excluding hydrogens is 367 g/mol. The fourth-order valence-electron chi connectivity index (χ4n) is 4.63. The number of hydrogen-bond acceptors (Lipinski definition) is 3. The second-order valence-corrected chi connectivity index (χ2v) is 7.71. The third-order valence-electron chi connectivity index (χ3n) is 5.82. The first-order chi connectivity index (χ1) is 13.3. The van der Waals surface area contributed by atoms with Crippen LogP contribution in [0.25, 0.3) is 11.3 Å². The molecular formula is C21H22F3N3O. The Hall–Kier alpha value is -2.41. The minimum atomic E-state index is -4.24. The van der Waals surface area contributed by atoms with Gasteiger partial charge >= 0.3 is 6.18 Å². The lowest BCUT2D eigenvalue weighted by Crippen LogP contribution is -2.41. The molecule has 2 fully saturated rings. The normalized spacial score (nSPS) is 24.5. The van der Waals surface area contributed by atoms with Crippen molar-refractivity contribution in [3.05, 3.63) is 48.2 Å². The van der Waals surface area contributed by atoms with Gasteiger partial charge in [0.2, 0.25) is 5.91 Å². The third kappa shape index (κ3) is 3.76. The Morgan fingerprint density at radius 1 is 1.25 bits per heavy atom. The van der Waals surface area contributed by atoms with Crippen LogP contribution in [0.2, 0.25) is 0 Å². The first kappa shape index (κ1) is 18.9. The Balaban J connectivity index is 1.50. The first-order valence-corrected chi connectivity index (χ1v) is 9.45. The van der Waals surface area contributed by atoms with Crippen LogP contribution in [-0.2, 0) is 4.79 Å². The molecule has 28 heavy (non-hydrogen) atoms. The number of halogens is 3. The monoisotopic (exact) mass is 389 g/mol. The Morgan fingerprint density at radius 2 is 2.07 bits per heavy atom. The fraction of sp³-hybridized carbons (Fsp3) is 0.429. The molecule has 7 heteroatoms. The average molecular weight is 389 g/mol. The van der Waals surface area contributed by atoms with Crippen molar-refractivity contribution >= 4 is 11.6 Å². The Bertz CT molecular complexity index is 869. The van der Waals surface area contributed by atoms with Gasteiger partial charge in [-0.2, -0.15) is 13.2 Å². The number of nitrogens with zero attached hydrogens (tertiary/aromatic N) is 2. The number of carbonyl (C=O) groups excluding carboxylic acids is 1. The lowest BCUT2D eigenvalue weighted by Gasteiger charge is -2.27. The quantitative estimate of drug-likeness (QED) is 0.850. The van der Waals surface area contributed by atoms with Crippen molar-refractivity contribution in [2.24, 2.45) is 11.8 Å². The van der Waals surface area contributed by atoms with E-state index in [1.54, 1.807) is 6.20 Å². The molecule has 0 spiro atoms. The molecule has 3 atom stereocenters. The molecule has 1 aliphatic heterocycles. The summed E-state index contributed by atoms with van der Waals surface area (Å²) < 4.78 is 38.4. The van der Waals surface area contributed by atoms with E-state index in [0.29, 0.717) is 18.7 Å². The van der Waals surface area contributed by atoms with Gasteiger partial charge < -0.3 is 5.32 Å². The zero-order valence-electron chi connectivity index (χ0n) is 15.5. The van der Waals surface area contributed by atoms with E-state index in [1.807, 2.05) is 43.3 Å². The zero-order chi connectivity index (χ0) is 19.9. The maximum atomic E-state index is 12.9. The van der Waals surface area contributed by atoms with Crippen LogP contribution in [0, 0.1) is 18.8 Å². The zero-order valence-corrected chi connectivity index (χ0v) is 15.5. The predicted molar refractivity (Wildman–Crippen MR) is 101 cm³/mol. The second kappa shape index (κ2) is 7.20. The van der Waals surface area contributed by atoms with E-state index < -0.39 is 12.7 Å². The van der Waals surface area contributed by atoms with Crippen LogP contribution in [0.15, 0.2) is 42.6 Å². The Kier molecular flexibility index (Phi) is 4.87. The van der Waals surface area contributed by atoms with Crippen LogP contribution in [0.1, 0.15) is 18.4 Å².